The fraction of sp³-hybridized carbons (Fsp3) is 0.529. The summed E-state index contributed by atoms with van der Waals surface area (Å²) in [6.45, 7) is 0.916. The Morgan fingerprint density at radius 3 is 2.90 bits per heavy atom. The fourth-order valence-corrected chi connectivity index (χ4v) is 5.17. The van der Waals surface area contributed by atoms with Gasteiger partial charge in [-0.05, 0) is 42.1 Å². The summed E-state index contributed by atoms with van der Waals surface area (Å²) < 4.78 is 0. The molecule has 0 N–H and O–H groups in total. The number of hydrogen-bond acceptors (Lipinski definition) is 3. The van der Waals surface area contributed by atoms with Gasteiger partial charge in [-0.25, -0.2) is 0 Å². The van der Waals surface area contributed by atoms with Gasteiger partial charge in [0.1, 0.15) is 0 Å². The second kappa shape index (κ2) is 3.94. The Bertz CT molecular complexity index is 579. The fourth-order valence-electron chi connectivity index (χ4n) is 5.17. The van der Waals surface area contributed by atoms with Crippen LogP contribution in [0.2, 0.25) is 0 Å². The van der Waals surface area contributed by atoms with Crippen molar-refractivity contribution in [2.45, 2.75) is 31.5 Å². The molecule has 1 aromatic carbocycles. The van der Waals surface area contributed by atoms with Crippen LogP contribution in [0.4, 0.5) is 0 Å². The van der Waals surface area contributed by atoms with Gasteiger partial charge in [-0.3, -0.25) is 5.01 Å². The highest BCUT2D eigenvalue weighted by atomic mass is 15.6. The van der Waals surface area contributed by atoms with Crippen LogP contribution < -0.4 is 0 Å². The van der Waals surface area contributed by atoms with Crippen LogP contribution in [0.15, 0.2) is 52.8 Å². The first kappa shape index (κ1) is 11.1. The lowest BCUT2D eigenvalue weighted by Gasteiger charge is -2.35. The van der Waals surface area contributed by atoms with Crippen molar-refractivity contribution in [3.8, 4) is 0 Å². The summed E-state index contributed by atoms with van der Waals surface area (Å²) in [4.78, 5) is 0. The van der Waals surface area contributed by atoms with Crippen LogP contribution in [0, 0.1) is 23.7 Å². The van der Waals surface area contributed by atoms with Crippen LogP contribution >= 0.6 is 0 Å². The van der Waals surface area contributed by atoms with Gasteiger partial charge in [0.15, 0.2) is 0 Å². The van der Waals surface area contributed by atoms with Crippen molar-refractivity contribution < 1.29 is 0 Å². The highest BCUT2D eigenvalue weighted by Gasteiger charge is 2.61. The van der Waals surface area contributed by atoms with Crippen LogP contribution in [-0.4, -0.2) is 17.1 Å². The molecular weight excluding hydrogens is 246 g/mol. The van der Waals surface area contributed by atoms with Gasteiger partial charge in [-0.1, -0.05) is 47.7 Å². The molecule has 3 heteroatoms. The molecule has 20 heavy (non-hydrogen) atoms. The van der Waals surface area contributed by atoms with E-state index in [1.165, 1.54) is 18.4 Å². The molecule has 0 radical (unpaired) electrons. The largest absolute Gasteiger partial charge is 0.269 e. The summed E-state index contributed by atoms with van der Waals surface area (Å²) in [6.07, 6.45) is 7.52. The van der Waals surface area contributed by atoms with Gasteiger partial charge in [0.05, 0.1) is 18.6 Å². The number of rotatable bonds is 2. The summed E-state index contributed by atoms with van der Waals surface area (Å²) in [6, 6.07) is 11.7. The zero-order valence-corrected chi connectivity index (χ0v) is 11.5. The van der Waals surface area contributed by atoms with Crippen molar-refractivity contribution in [1.29, 1.82) is 0 Å². The predicted molar refractivity (Wildman–Crippen MR) is 76.8 cm³/mol. The minimum Gasteiger partial charge on any atom is -0.269 e. The molecule has 1 aliphatic heterocycles. The molecule has 2 bridgehead atoms. The average Bonchev–Trinajstić information content (AvgIpc) is 3.18. The van der Waals surface area contributed by atoms with E-state index < -0.39 is 0 Å². The van der Waals surface area contributed by atoms with E-state index in [-0.39, 0.29) is 0 Å². The van der Waals surface area contributed by atoms with E-state index in [2.05, 4.69) is 57.8 Å². The average molecular weight is 265 g/mol. The van der Waals surface area contributed by atoms with Crippen molar-refractivity contribution in [1.82, 2.24) is 5.01 Å². The summed E-state index contributed by atoms with van der Waals surface area (Å²) in [5.41, 5.74) is 1.34. The third-order valence-electron chi connectivity index (χ3n) is 5.91. The zero-order valence-electron chi connectivity index (χ0n) is 11.5. The van der Waals surface area contributed by atoms with E-state index >= 15 is 0 Å². The van der Waals surface area contributed by atoms with E-state index in [0.29, 0.717) is 12.1 Å². The molecule has 1 heterocycles. The van der Waals surface area contributed by atoms with Gasteiger partial charge in [0.2, 0.25) is 0 Å². The molecule has 3 aliphatic carbocycles. The minimum absolute atomic E-state index is 0.465. The third-order valence-corrected chi connectivity index (χ3v) is 5.91. The van der Waals surface area contributed by atoms with Gasteiger partial charge in [0, 0.05) is 0 Å². The Morgan fingerprint density at radius 2 is 2.00 bits per heavy atom. The van der Waals surface area contributed by atoms with Gasteiger partial charge in [0.25, 0.3) is 0 Å². The molecular formula is C17H19N3. The first-order valence-corrected chi connectivity index (χ1v) is 7.80. The lowest BCUT2D eigenvalue weighted by Crippen LogP contribution is -2.44. The Hall–Kier alpha value is -1.64. The van der Waals surface area contributed by atoms with Crippen molar-refractivity contribution in [3.05, 3.63) is 48.0 Å². The predicted octanol–water partition coefficient (Wildman–Crippen LogP) is 3.45. The van der Waals surface area contributed by atoms with Crippen LogP contribution in [0.3, 0.4) is 0 Å². The molecule has 4 aliphatic rings. The summed E-state index contributed by atoms with van der Waals surface area (Å²) in [5, 5.41) is 11.4. The summed E-state index contributed by atoms with van der Waals surface area (Å²) >= 11 is 0. The molecule has 0 spiro atoms. The number of hydrogen-bond donors (Lipinski definition) is 0. The van der Waals surface area contributed by atoms with Crippen molar-refractivity contribution in [3.63, 3.8) is 0 Å². The lowest BCUT2D eigenvalue weighted by molar-refractivity contribution is 0.114. The van der Waals surface area contributed by atoms with E-state index in [0.717, 1.165) is 30.2 Å². The second-order valence-corrected chi connectivity index (χ2v) is 6.74. The maximum atomic E-state index is 4.64. The van der Waals surface area contributed by atoms with E-state index in [4.69, 9.17) is 0 Å². The first-order chi connectivity index (χ1) is 9.92. The van der Waals surface area contributed by atoms with Crippen molar-refractivity contribution in [2.75, 3.05) is 0 Å². The first-order valence-electron chi connectivity index (χ1n) is 7.80. The standard InChI is InChI=1S/C17H19N3/c1-2-5-11(6-3-1)10-20-17-15-9-14(16(17)18-19-20)12-7-4-8-13(12)15/h1-7,12-17H,8-10H2. The minimum atomic E-state index is 0.465. The quantitative estimate of drug-likeness (QED) is 0.753. The molecule has 0 saturated heterocycles. The molecule has 0 aromatic heterocycles. The normalized spacial score (nSPS) is 43.3. The number of benzene rings is 1. The Kier molecular flexibility index (Phi) is 2.18. The maximum absolute atomic E-state index is 4.64. The van der Waals surface area contributed by atoms with Gasteiger partial charge in [-0.15, -0.1) is 0 Å². The van der Waals surface area contributed by atoms with E-state index in [9.17, 15) is 0 Å². The molecule has 2 fully saturated rings. The van der Waals surface area contributed by atoms with Gasteiger partial charge < -0.3 is 0 Å². The number of fused-ring (bicyclic) bond motifs is 8. The molecule has 6 atom stereocenters. The third kappa shape index (κ3) is 1.36. The molecule has 5 rings (SSSR count). The monoisotopic (exact) mass is 265 g/mol. The maximum Gasteiger partial charge on any atom is 0.0986 e. The Labute approximate surface area is 119 Å². The highest BCUT2D eigenvalue weighted by molar-refractivity contribution is 5.22. The molecule has 0 amide bonds. The Balaban J connectivity index is 1.41. The van der Waals surface area contributed by atoms with Gasteiger partial charge >= 0.3 is 0 Å². The molecule has 102 valence electrons. The van der Waals surface area contributed by atoms with Crippen LogP contribution in [0.5, 0.6) is 0 Å². The lowest BCUT2D eigenvalue weighted by atomic mass is 9.76. The topological polar surface area (TPSA) is 28.0 Å². The molecule has 2 saturated carbocycles. The second-order valence-electron chi connectivity index (χ2n) is 6.74. The molecule has 1 aromatic rings. The molecule has 3 nitrogen and oxygen atoms in total. The van der Waals surface area contributed by atoms with Crippen LogP contribution in [0.25, 0.3) is 0 Å². The van der Waals surface area contributed by atoms with Crippen molar-refractivity contribution >= 4 is 0 Å². The zero-order chi connectivity index (χ0) is 13.1. The van der Waals surface area contributed by atoms with E-state index in [1.54, 1.807) is 0 Å². The number of allylic oxidation sites excluding steroid dienone is 2. The number of nitrogens with zero attached hydrogens (tertiary/aromatic N) is 3. The van der Waals surface area contributed by atoms with E-state index in [1.807, 2.05) is 0 Å². The Morgan fingerprint density at radius 1 is 1.10 bits per heavy atom. The highest BCUT2D eigenvalue weighted by Crippen LogP contribution is 2.60. The van der Waals surface area contributed by atoms with Gasteiger partial charge in [-0.2, -0.15) is 5.11 Å². The van der Waals surface area contributed by atoms with Crippen LogP contribution in [0.1, 0.15) is 18.4 Å². The SMILES string of the molecule is C1=CC2C(C1)C1CC2C2N=NN(Cc3ccccc3)C12. The molecule has 6 unspecified atom stereocenters. The smallest absolute Gasteiger partial charge is 0.0986 e. The summed E-state index contributed by atoms with van der Waals surface area (Å²) in [7, 11) is 0. The van der Waals surface area contributed by atoms with Crippen molar-refractivity contribution in [2.24, 2.45) is 34.0 Å². The summed E-state index contributed by atoms with van der Waals surface area (Å²) in [5.74, 6) is 3.25. The van der Waals surface area contributed by atoms with Crippen LogP contribution in [-0.2, 0) is 6.54 Å².